The minimum Gasteiger partial charge on any atom is -0.493 e. The van der Waals surface area contributed by atoms with E-state index in [0.29, 0.717) is 60.2 Å². The predicted molar refractivity (Wildman–Crippen MR) is 230 cm³/mol. The van der Waals surface area contributed by atoms with E-state index in [0.717, 1.165) is 72.7 Å². The molecule has 2 unspecified atom stereocenters. The summed E-state index contributed by atoms with van der Waals surface area (Å²) < 4.78 is 24.4. The van der Waals surface area contributed by atoms with Crippen LogP contribution in [0.25, 0.3) is 0 Å². The largest absolute Gasteiger partial charge is 0.493 e. The fraction of sp³-hybridized carbons (Fsp3) is 0.617. The third-order valence-corrected chi connectivity index (χ3v) is 18.2. The molecule has 10 heteroatoms. The maximum Gasteiger partial charge on any atom is 0.331 e. The van der Waals surface area contributed by atoms with Crippen molar-refractivity contribution in [3.8, 4) is 17.2 Å². The lowest BCUT2D eigenvalue weighted by atomic mass is 9.59. The number of aliphatic hydroxyl groups excluding tert-OH is 1. The first-order valence-electron chi connectivity index (χ1n) is 21.5. The minimum atomic E-state index is -0.856. The van der Waals surface area contributed by atoms with Gasteiger partial charge in [-0.15, -0.1) is 0 Å². The zero-order valence-corrected chi connectivity index (χ0v) is 37.1. The number of rotatable bonds is 13. The van der Waals surface area contributed by atoms with Crippen LogP contribution in [0.15, 0.2) is 48.7 Å². The Hall–Kier alpha value is -3.27. The van der Waals surface area contributed by atoms with Crippen LogP contribution in [-0.4, -0.2) is 57.3 Å². The molecule has 1 aromatic heterocycles. The van der Waals surface area contributed by atoms with Gasteiger partial charge in [0.15, 0.2) is 11.5 Å². The molecule has 8 nitrogen and oxygen atoms in total. The molecule has 3 aliphatic carbocycles. The Kier molecular flexibility index (Phi) is 12.6. The highest BCUT2D eigenvalue weighted by Crippen LogP contribution is 2.58. The van der Waals surface area contributed by atoms with Gasteiger partial charge in [-0.3, -0.25) is 4.98 Å². The third kappa shape index (κ3) is 8.32. The summed E-state index contributed by atoms with van der Waals surface area (Å²) in [5.74, 6) is 3.32. The molecule has 7 rings (SSSR count). The normalized spacial score (nSPS) is 27.4. The molecule has 3 aromatic rings. The molecule has 1 aliphatic heterocycles. The fourth-order valence-electron chi connectivity index (χ4n) is 11.6. The first-order valence-corrected chi connectivity index (χ1v) is 23.6. The maximum absolute atomic E-state index is 13.6. The topological polar surface area (TPSA) is 99.1 Å². The van der Waals surface area contributed by atoms with Crippen LogP contribution >= 0.6 is 11.6 Å². The standard InChI is InChI=1S/C47H64ClN2O6Si/c1-28(2)57(29(3)4)32(7)22-34-21-31(6)42-39(12-17-49-43(42)44(34)51)56-27-30(5)20-35-23-33-24-40-41(55-19-18-54-40)26-38(33)46(35)13-15-47(16-14-46,45(52)53-8)50-37-11-9-10-36(48)25-37/h9-12,17,24-26,28-32,34-35,44,50-51H,13-16,18-23,27H2,1-8H3/q+1/t30-,31-,32?,34?,35+,44-,46?,47?/m1/s1. The van der Waals surface area contributed by atoms with E-state index in [-0.39, 0.29) is 29.1 Å². The Bertz CT molecular complexity index is 1890. The smallest absolute Gasteiger partial charge is 0.331 e. The fourth-order valence-corrected chi connectivity index (χ4v) is 16.0. The highest BCUT2D eigenvalue weighted by atomic mass is 35.5. The molecule has 308 valence electrons. The molecule has 2 heterocycles. The highest BCUT2D eigenvalue weighted by Gasteiger charge is 2.55. The summed E-state index contributed by atoms with van der Waals surface area (Å²) in [6.07, 6.45) is 8.04. The number of anilines is 1. The molecule has 0 radical (unpaired) electrons. The monoisotopic (exact) mass is 815 g/mol. The number of carbonyl (C=O) groups is 1. The third-order valence-electron chi connectivity index (χ3n) is 14.0. The van der Waals surface area contributed by atoms with Gasteiger partial charge in [0.1, 0.15) is 24.5 Å². The number of methoxy groups -OCH3 is 1. The van der Waals surface area contributed by atoms with Crippen LogP contribution in [0.1, 0.15) is 128 Å². The van der Waals surface area contributed by atoms with Crippen LogP contribution in [0.3, 0.4) is 0 Å². The zero-order chi connectivity index (χ0) is 40.6. The van der Waals surface area contributed by atoms with Crippen LogP contribution < -0.4 is 19.5 Å². The number of hydrogen-bond donors (Lipinski definition) is 2. The zero-order valence-electron chi connectivity index (χ0n) is 35.3. The van der Waals surface area contributed by atoms with Crippen molar-refractivity contribution in [3.63, 3.8) is 0 Å². The molecule has 0 saturated heterocycles. The quantitative estimate of drug-likeness (QED) is 0.130. The Labute approximate surface area is 347 Å². The summed E-state index contributed by atoms with van der Waals surface area (Å²) in [5, 5.41) is 16.0. The van der Waals surface area contributed by atoms with E-state index in [9.17, 15) is 9.90 Å². The van der Waals surface area contributed by atoms with E-state index < -0.39 is 20.4 Å². The van der Waals surface area contributed by atoms with Gasteiger partial charge in [0.25, 0.3) is 0 Å². The maximum atomic E-state index is 13.6. The molecular formula is C47H64ClN2O6Si+. The SMILES string of the molecule is COC(=O)C1(Nc2cccc(Cl)c2)CCC2(CC1)c1cc3c(cc1C[C@@H]2C[C@@H](C)COc1ccnc2c1[C@H](C)CC(CC(C)[Si+](C(C)C)C(C)C)[C@H]2O)OCCO3. The number of benzene rings is 2. The average molecular weight is 817 g/mol. The van der Waals surface area contributed by atoms with Gasteiger partial charge in [-0.1, -0.05) is 31.5 Å². The number of ether oxygens (including phenoxy) is 4. The Morgan fingerprint density at radius 1 is 1.00 bits per heavy atom. The average Bonchev–Trinajstić information content (AvgIpc) is 3.45. The number of pyridine rings is 1. The first-order chi connectivity index (χ1) is 27.2. The molecule has 1 saturated carbocycles. The van der Waals surface area contributed by atoms with Gasteiger partial charge >= 0.3 is 14.8 Å². The number of hydrogen-bond acceptors (Lipinski definition) is 8. The number of carbonyl (C=O) groups excluding carboxylic acids is 1. The highest BCUT2D eigenvalue weighted by molar-refractivity contribution is 6.63. The molecule has 1 spiro atoms. The van der Waals surface area contributed by atoms with E-state index in [1.54, 1.807) is 0 Å². The van der Waals surface area contributed by atoms with Crippen molar-refractivity contribution in [2.24, 2.45) is 17.8 Å². The summed E-state index contributed by atoms with van der Waals surface area (Å²) in [6, 6.07) is 14.0. The van der Waals surface area contributed by atoms with E-state index in [2.05, 4.69) is 65.9 Å². The number of aliphatic hydroxyl groups is 1. The Balaban J connectivity index is 1.09. The van der Waals surface area contributed by atoms with Crippen molar-refractivity contribution in [1.29, 1.82) is 0 Å². The van der Waals surface area contributed by atoms with Gasteiger partial charge in [-0.05, 0) is 163 Å². The second-order valence-electron chi connectivity index (χ2n) is 18.5. The first kappa shape index (κ1) is 41.9. The molecule has 0 bridgehead atoms. The minimum absolute atomic E-state index is 0.139. The van der Waals surface area contributed by atoms with Gasteiger partial charge in [-0.2, -0.15) is 0 Å². The van der Waals surface area contributed by atoms with Crippen LogP contribution in [0.5, 0.6) is 17.2 Å². The van der Waals surface area contributed by atoms with Crippen molar-refractivity contribution < 1.29 is 28.8 Å². The number of fused-ring (bicyclic) bond motifs is 4. The van der Waals surface area contributed by atoms with Crippen LogP contribution in [0, 0.1) is 17.8 Å². The van der Waals surface area contributed by atoms with Crippen LogP contribution in [-0.2, 0) is 21.4 Å². The van der Waals surface area contributed by atoms with Gasteiger partial charge in [0.2, 0.25) is 0 Å². The van der Waals surface area contributed by atoms with Crippen molar-refractivity contribution in [3.05, 3.63) is 76.1 Å². The molecule has 6 atom stereocenters. The summed E-state index contributed by atoms with van der Waals surface area (Å²) in [6.45, 7) is 18.2. The number of aromatic nitrogens is 1. The lowest BCUT2D eigenvalue weighted by molar-refractivity contribution is -0.148. The summed E-state index contributed by atoms with van der Waals surface area (Å²) in [4.78, 5) is 18.4. The van der Waals surface area contributed by atoms with Gasteiger partial charge in [0.05, 0.1) is 42.1 Å². The molecule has 2 aromatic carbocycles. The summed E-state index contributed by atoms with van der Waals surface area (Å²) in [5.41, 5.74) is 6.39. The predicted octanol–water partition coefficient (Wildman–Crippen LogP) is 10.9. The van der Waals surface area contributed by atoms with Crippen molar-refractivity contribution in [2.45, 2.75) is 139 Å². The van der Waals surface area contributed by atoms with Gasteiger partial charge in [0, 0.05) is 22.5 Å². The summed E-state index contributed by atoms with van der Waals surface area (Å²) in [7, 11) is 0.914. The Morgan fingerprint density at radius 2 is 1.70 bits per heavy atom. The molecule has 1 fully saturated rings. The van der Waals surface area contributed by atoms with Gasteiger partial charge in [-0.25, -0.2) is 4.79 Å². The molecule has 4 aliphatic rings. The van der Waals surface area contributed by atoms with E-state index in [1.807, 2.05) is 36.5 Å². The number of halogens is 1. The lowest BCUT2D eigenvalue weighted by Crippen LogP contribution is -2.53. The van der Waals surface area contributed by atoms with E-state index >= 15 is 0 Å². The lowest BCUT2D eigenvalue weighted by Gasteiger charge is -2.48. The van der Waals surface area contributed by atoms with E-state index in [4.69, 9.17) is 35.5 Å². The summed E-state index contributed by atoms with van der Waals surface area (Å²) >= 11 is 6.36. The van der Waals surface area contributed by atoms with Crippen molar-refractivity contribution in [2.75, 3.05) is 32.2 Å². The number of esters is 1. The van der Waals surface area contributed by atoms with Crippen LogP contribution in [0.2, 0.25) is 21.6 Å². The van der Waals surface area contributed by atoms with Crippen molar-refractivity contribution >= 4 is 32.1 Å². The molecule has 57 heavy (non-hydrogen) atoms. The number of nitrogens with one attached hydrogen (secondary N) is 1. The molecular weight excluding hydrogens is 752 g/mol. The second kappa shape index (κ2) is 17.1. The Morgan fingerprint density at radius 3 is 2.37 bits per heavy atom. The van der Waals surface area contributed by atoms with Crippen LogP contribution in [0.4, 0.5) is 5.69 Å². The van der Waals surface area contributed by atoms with Crippen molar-refractivity contribution in [1.82, 2.24) is 4.98 Å². The van der Waals surface area contributed by atoms with E-state index in [1.165, 1.54) is 18.2 Å². The second-order valence-corrected chi connectivity index (χ2v) is 23.2. The molecule has 2 N–H and O–H groups in total. The van der Waals surface area contributed by atoms with Gasteiger partial charge < -0.3 is 29.4 Å². The number of nitrogens with zero attached hydrogens (tertiary/aromatic N) is 1. The molecule has 0 amide bonds.